The summed E-state index contributed by atoms with van der Waals surface area (Å²) in [5.74, 6) is -0.876. The van der Waals surface area contributed by atoms with Crippen molar-refractivity contribution >= 4 is 46.4 Å². The molecule has 3 aromatic heterocycles. The van der Waals surface area contributed by atoms with Crippen LogP contribution in [0.25, 0.3) is 11.2 Å². The summed E-state index contributed by atoms with van der Waals surface area (Å²) in [5, 5.41) is 31.4. The van der Waals surface area contributed by atoms with Crippen LogP contribution in [0, 0.1) is 0 Å². The fourth-order valence-corrected chi connectivity index (χ4v) is 7.38. The van der Waals surface area contributed by atoms with E-state index in [-0.39, 0.29) is 65.0 Å². The van der Waals surface area contributed by atoms with Gasteiger partial charge in [0.1, 0.15) is 47.9 Å². The molecule has 0 spiro atoms. The zero-order valence-electron chi connectivity index (χ0n) is 25.4. The van der Waals surface area contributed by atoms with Crippen molar-refractivity contribution in [3.63, 3.8) is 0 Å². The van der Waals surface area contributed by atoms with Crippen molar-refractivity contribution in [1.82, 2.24) is 19.5 Å². The third-order valence-electron chi connectivity index (χ3n) is 6.96. The first-order valence-electron chi connectivity index (χ1n) is 13.3. The van der Waals surface area contributed by atoms with E-state index >= 15 is 0 Å². The summed E-state index contributed by atoms with van der Waals surface area (Å²) in [6.45, 7) is -2.21. The summed E-state index contributed by atoms with van der Waals surface area (Å²) in [5.41, 5.74) is 11.0. The Kier molecular flexibility index (Phi) is 15.5. The summed E-state index contributed by atoms with van der Waals surface area (Å²) < 4.78 is 67.4. The maximum Gasteiger partial charge on any atom is 1.00 e. The van der Waals surface area contributed by atoms with E-state index in [0.717, 1.165) is 17.2 Å². The fourth-order valence-electron chi connectivity index (χ4n) is 4.82. The number of anilines is 1. The molecule has 4 unspecified atom stereocenters. The van der Waals surface area contributed by atoms with Gasteiger partial charge in [0.05, 0.1) is 19.5 Å². The first-order valence-corrected chi connectivity index (χ1v) is 17.8. The molecule has 0 saturated carbocycles. The van der Waals surface area contributed by atoms with Gasteiger partial charge in [0.15, 0.2) is 36.2 Å². The standard InChI is InChI=1S/C21H28N7O17P3.CH4.Na.H2O/c22-17-12-19(25-7-24-17)28(8-26-12)21-16(44-46(33,34)35)14(30)11(43-21)6-41-48(38,39)45-47(36,37)40-5-10-13(29)15(31)20(42-10)27-3-1-2-9(4-27)18(23)32;;;/h1-4,7-8,10-11,13-16,20-21,29-31H,5-6H2,(H7-,22,23,24,25,32,33,34,35,36,37,38,39);1H4;;1H2/q;;+1;/p-1/t10-,11-,13?,14+,15+,16?,20-,21-;;;/m1.../s1. The van der Waals surface area contributed by atoms with E-state index in [9.17, 15) is 53.4 Å². The number of primary amides is 1. The quantitative estimate of drug-likeness (QED) is 0.0479. The van der Waals surface area contributed by atoms with Gasteiger partial charge in [0.2, 0.25) is 0 Å². The predicted molar refractivity (Wildman–Crippen MR) is 156 cm³/mol. The van der Waals surface area contributed by atoms with E-state index < -0.39 is 91.7 Å². The van der Waals surface area contributed by atoms with E-state index in [4.69, 9.17) is 20.9 Å². The van der Waals surface area contributed by atoms with E-state index in [0.29, 0.717) is 0 Å². The van der Waals surface area contributed by atoms with Gasteiger partial charge in [-0.2, -0.15) is 4.57 Å². The Morgan fingerprint density at radius 3 is 2.20 bits per heavy atom. The van der Waals surface area contributed by atoms with Crippen molar-refractivity contribution in [2.75, 3.05) is 18.9 Å². The molecule has 2 aliphatic heterocycles. The van der Waals surface area contributed by atoms with E-state index in [1.807, 2.05) is 0 Å². The smallest absolute Gasteiger partial charge is 0.756 e. The second-order valence-corrected chi connectivity index (χ2v) is 14.4. The molecule has 280 valence electrons. The van der Waals surface area contributed by atoms with Gasteiger partial charge in [-0.3, -0.25) is 23.0 Å². The summed E-state index contributed by atoms with van der Waals surface area (Å²) in [6, 6.07) is 2.76. The number of imidazole rings is 1. The van der Waals surface area contributed by atoms with Crippen molar-refractivity contribution in [3.8, 4) is 0 Å². The number of phosphoric acid groups is 3. The van der Waals surface area contributed by atoms with Gasteiger partial charge in [-0.15, -0.1) is 0 Å². The Morgan fingerprint density at radius 2 is 1.61 bits per heavy atom. The molecule has 2 aliphatic rings. The van der Waals surface area contributed by atoms with Crippen LogP contribution in [-0.4, -0.2) is 106 Å². The number of aromatic nitrogens is 5. The van der Waals surface area contributed by atoms with Crippen molar-refractivity contribution in [3.05, 3.63) is 42.7 Å². The average Bonchev–Trinajstić information content (AvgIpc) is 3.64. The minimum absolute atomic E-state index is 0. The zero-order chi connectivity index (χ0) is 35.2. The molecule has 0 aliphatic carbocycles. The predicted octanol–water partition coefficient (Wildman–Crippen LogP) is -7.35. The van der Waals surface area contributed by atoms with E-state index in [1.54, 1.807) is 0 Å². The Hall–Kier alpha value is -1.90. The number of nitrogens with two attached hydrogens (primary N) is 2. The largest absolute Gasteiger partial charge is 1.00 e. The summed E-state index contributed by atoms with van der Waals surface area (Å²) in [7, 11) is -16.9. The number of ether oxygens (including phenoxy) is 2. The number of carbonyl (C=O) groups excluding carboxylic acids is 1. The molecule has 5 rings (SSSR count). The first-order chi connectivity index (χ1) is 22.4. The number of rotatable bonds is 13. The van der Waals surface area contributed by atoms with E-state index in [2.05, 4.69) is 32.8 Å². The number of aliphatic hydroxyl groups is 3. The third-order valence-corrected chi connectivity index (χ3v) is 10.0. The van der Waals surface area contributed by atoms with Crippen molar-refractivity contribution in [2.24, 2.45) is 5.73 Å². The molecule has 29 heteroatoms. The number of phosphoric ester groups is 3. The van der Waals surface area contributed by atoms with Crippen LogP contribution in [0.2, 0.25) is 0 Å². The molecule has 2 fully saturated rings. The molecule has 5 heterocycles. The molecule has 3 aromatic rings. The van der Waals surface area contributed by atoms with Gasteiger partial charge >= 0.3 is 37.4 Å². The number of carbonyl (C=O) groups is 1. The monoisotopic (exact) mass is 799 g/mol. The van der Waals surface area contributed by atoms with Crippen LogP contribution >= 0.6 is 23.5 Å². The second kappa shape index (κ2) is 17.5. The van der Waals surface area contributed by atoms with Crippen LogP contribution in [0.3, 0.4) is 0 Å². The minimum Gasteiger partial charge on any atom is -0.756 e. The summed E-state index contributed by atoms with van der Waals surface area (Å²) >= 11 is 0. The number of pyridine rings is 1. The molecule has 11 N–H and O–H groups in total. The van der Waals surface area contributed by atoms with Crippen LogP contribution in [0.15, 0.2) is 37.2 Å². The average molecular weight is 799 g/mol. The molecular weight excluding hydrogens is 766 g/mol. The molecule has 2 saturated heterocycles. The number of aliphatic hydroxyl groups excluding tert-OH is 3. The molecule has 51 heavy (non-hydrogen) atoms. The molecule has 25 nitrogen and oxygen atoms in total. The van der Waals surface area contributed by atoms with Crippen LogP contribution in [0.1, 0.15) is 30.2 Å². The number of nitrogen functional groups attached to an aromatic ring is 1. The Balaban J connectivity index is 0.00000300. The van der Waals surface area contributed by atoms with Crippen LogP contribution in [0.5, 0.6) is 0 Å². The Bertz CT molecular complexity index is 1820. The van der Waals surface area contributed by atoms with Crippen molar-refractivity contribution < 1.29 is 120 Å². The van der Waals surface area contributed by atoms with Gasteiger partial charge < -0.3 is 70.4 Å². The SMILES string of the molecule is C.NC(=O)c1ccc[n+]([C@@H]2O[C@H](COP(=O)([O-])OP(=O)([O-])OC[C@H]3O[C@@H](n4cnc5c(N)ncnc54)C(OP(=O)(O)O)[C@H]3O)C(O)[C@@H]2O)c1.O.[Na+]. The van der Waals surface area contributed by atoms with Gasteiger partial charge in [-0.05, 0) is 6.07 Å². The normalized spacial score (nSPS) is 28.5. The van der Waals surface area contributed by atoms with Gasteiger partial charge in [0, 0.05) is 6.07 Å². The van der Waals surface area contributed by atoms with Crippen LogP contribution in [-0.2, 0) is 41.1 Å². The topological polar surface area (TPSA) is 402 Å². The van der Waals surface area contributed by atoms with Crippen LogP contribution < -0.4 is 55.4 Å². The zero-order valence-corrected chi connectivity index (χ0v) is 30.0. The van der Waals surface area contributed by atoms with Gasteiger partial charge in [0.25, 0.3) is 27.8 Å². The summed E-state index contributed by atoms with van der Waals surface area (Å²) in [6.07, 6.45) is -8.80. The van der Waals surface area contributed by atoms with Crippen LogP contribution in [0.4, 0.5) is 5.82 Å². The maximum atomic E-state index is 12.4. The first kappa shape index (κ1) is 45.3. The van der Waals surface area contributed by atoms with Gasteiger partial charge in [-0.25, -0.2) is 23.8 Å². The Labute approximate surface area is 309 Å². The molecule has 10 atom stereocenters. The number of hydrogen-bond acceptors (Lipinski definition) is 19. The molecule has 0 aromatic carbocycles. The van der Waals surface area contributed by atoms with Crippen molar-refractivity contribution in [2.45, 2.75) is 56.5 Å². The second-order valence-electron chi connectivity index (χ2n) is 10.2. The summed E-state index contributed by atoms with van der Waals surface area (Å²) in [4.78, 5) is 66.6. The molecule has 1 amide bonds. The molecular formula is C22H33N7NaO18P3. The number of nitrogens with zero attached hydrogens (tertiary/aromatic N) is 5. The van der Waals surface area contributed by atoms with Gasteiger partial charge in [-0.1, -0.05) is 7.43 Å². The third kappa shape index (κ3) is 10.6. The minimum atomic E-state index is -5.84. The number of amides is 1. The fraction of sp³-hybridized carbons (Fsp3) is 0.500. The van der Waals surface area contributed by atoms with Crippen molar-refractivity contribution in [1.29, 1.82) is 0 Å². The Morgan fingerprint density at radius 1 is 1.00 bits per heavy atom. The maximum absolute atomic E-state index is 12.4. The number of hydrogen-bond donors (Lipinski definition) is 7. The molecule has 0 radical (unpaired) electrons. The number of fused-ring (bicyclic) bond motifs is 1. The van der Waals surface area contributed by atoms with E-state index in [1.165, 1.54) is 29.1 Å². The molecule has 0 bridgehead atoms.